The predicted molar refractivity (Wildman–Crippen MR) is 222 cm³/mol. The molecule has 0 bridgehead atoms. The first-order valence-electron chi connectivity index (χ1n) is 22.4. The molecule has 0 fully saturated rings. The molecule has 0 aromatic rings. The van der Waals surface area contributed by atoms with E-state index in [0.29, 0.717) is 17.4 Å². The number of carbonyl (C=O) groups is 2. The fourth-order valence-corrected chi connectivity index (χ4v) is 6.97. The van der Waals surface area contributed by atoms with Gasteiger partial charge in [0.15, 0.2) is 6.10 Å². The molecule has 0 aromatic heterocycles. The van der Waals surface area contributed by atoms with Crippen LogP contribution in [-0.4, -0.2) is 70.0 Å². The number of rotatable bonds is 41. The molecule has 0 amide bonds. The number of hydrogen-bond acceptors (Lipinski definition) is 8. The molecule has 0 rings (SSSR count). The molecule has 0 aliphatic rings. The Morgan fingerprint density at radius 3 is 1.37 bits per heavy atom. The zero-order valence-electron chi connectivity index (χ0n) is 35.9. The third kappa shape index (κ3) is 40.4. The normalized spacial score (nSPS) is 13.7. The van der Waals surface area contributed by atoms with Crippen LogP contribution in [0, 0.1) is 0 Å². The highest BCUT2D eigenvalue weighted by atomic mass is 31.2. The summed E-state index contributed by atoms with van der Waals surface area (Å²) >= 11 is 0. The first-order valence-corrected chi connectivity index (χ1v) is 23.9. The Hall–Kier alpha value is -1.25. The van der Waals surface area contributed by atoms with Crippen LogP contribution in [0.1, 0.15) is 206 Å². The molecule has 0 saturated heterocycles. The highest BCUT2D eigenvalue weighted by Gasteiger charge is 2.21. The quantitative estimate of drug-likeness (QED) is 0.0198. The predicted octanol–water partition coefficient (Wildman–Crippen LogP) is 11.9. The summed E-state index contributed by atoms with van der Waals surface area (Å²) in [5.74, 6) is -0.834. The van der Waals surface area contributed by atoms with Crippen molar-refractivity contribution in [2.24, 2.45) is 0 Å². The number of ether oxygens (including phenoxy) is 2. The smallest absolute Gasteiger partial charge is 0.306 e. The van der Waals surface area contributed by atoms with Gasteiger partial charge < -0.3 is 27.9 Å². The second-order valence-electron chi connectivity index (χ2n) is 16.4. The SMILES string of the molecule is CCCCCCCC/C=C/CCCCCCCC(=O)OCC(COP(=O)([O-])OCC[N+](C)(C)C)OC(=O)CCCCCCCCCCCCCCCCC. The minimum atomic E-state index is -4.62. The molecule has 0 saturated carbocycles. The summed E-state index contributed by atoms with van der Waals surface area (Å²) in [5.41, 5.74) is 0. The lowest BCUT2D eigenvalue weighted by molar-refractivity contribution is -0.870. The summed E-state index contributed by atoms with van der Waals surface area (Å²) in [6, 6.07) is 0. The van der Waals surface area contributed by atoms with Gasteiger partial charge >= 0.3 is 11.9 Å². The number of quaternary nitrogens is 1. The van der Waals surface area contributed by atoms with Crippen LogP contribution in [-0.2, 0) is 32.7 Å². The topological polar surface area (TPSA) is 111 Å². The van der Waals surface area contributed by atoms with Crippen molar-refractivity contribution in [3.63, 3.8) is 0 Å². The van der Waals surface area contributed by atoms with Gasteiger partial charge in [-0.1, -0.05) is 167 Å². The highest BCUT2D eigenvalue weighted by molar-refractivity contribution is 7.45. The maximum atomic E-state index is 12.7. The van der Waals surface area contributed by atoms with Crippen LogP contribution in [0.3, 0.4) is 0 Å². The lowest BCUT2D eigenvalue weighted by Gasteiger charge is -2.28. The van der Waals surface area contributed by atoms with Gasteiger partial charge in [0.25, 0.3) is 7.82 Å². The van der Waals surface area contributed by atoms with Crippen molar-refractivity contribution in [1.29, 1.82) is 0 Å². The summed E-state index contributed by atoms with van der Waals surface area (Å²) in [4.78, 5) is 37.5. The Morgan fingerprint density at radius 1 is 0.556 bits per heavy atom. The van der Waals surface area contributed by atoms with E-state index < -0.39 is 26.5 Å². The molecule has 0 aliphatic carbocycles. The van der Waals surface area contributed by atoms with Crippen molar-refractivity contribution in [3.05, 3.63) is 12.2 Å². The monoisotopic (exact) mass is 788 g/mol. The van der Waals surface area contributed by atoms with Crippen LogP contribution >= 0.6 is 7.82 Å². The van der Waals surface area contributed by atoms with Crippen LogP contribution in [0.4, 0.5) is 0 Å². The molecule has 0 aliphatic heterocycles. The van der Waals surface area contributed by atoms with Crippen molar-refractivity contribution in [2.45, 2.75) is 213 Å². The van der Waals surface area contributed by atoms with E-state index in [1.54, 1.807) is 0 Å². The molecule has 320 valence electrons. The molecular formula is C44H86NO8P. The van der Waals surface area contributed by atoms with Crippen LogP contribution in [0.5, 0.6) is 0 Å². The largest absolute Gasteiger partial charge is 0.756 e. The molecule has 2 unspecified atom stereocenters. The fraction of sp³-hybridized carbons (Fsp3) is 0.909. The summed E-state index contributed by atoms with van der Waals surface area (Å²) in [6.07, 6.45) is 38.0. The van der Waals surface area contributed by atoms with Crippen molar-refractivity contribution in [2.75, 3.05) is 47.5 Å². The number of phosphoric ester groups is 1. The second kappa shape index (κ2) is 37.3. The Bertz CT molecular complexity index is 938. The van der Waals surface area contributed by atoms with Crippen LogP contribution in [0.15, 0.2) is 12.2 Å². The average Bonchev–Trinajstić information content (AvgIpc) is 3.12. The molecular weight excluding hydrogens is 701 g/mol. The minimum absolute atomic E-state index is 0.0289. The number of esters is 2. The van der Waals surface area contributed by atoms with Gasteiger partial charge in [0.05, 0.1) is 27.7 Å². The third-order valence-corrected chi connectivity index (χ3v) is 10.7. The zero-order valence-corrected chi connectivity index (χ0v) is 36.8. The first-order chi connectivity index (χ1) is 26.0. The van der Waals surface area contributed by atoms with Gasteiger partial charge in [-0.25, -0.2) is 0 Å². The summed E-state index contributed by atoms with van der Waals surface area (Å²) in [5, 5.41) is 0. The zero-order chi connectivity index (χ0) is 40.0. The molecule has 0 aromatic carbocycles. The van der Waals surface area contributed by atoms with E-state index >= 15 is 0 Å². The van der Waals surface area contributed by atoms with E-state index in [-0.39, 0.29) is 32.0 Å². The number of allylic oxidation sites excluding steroid dienone is 2. The summed E-state index contributed by atoms with van der Waals surface area (Å²) in [7, 11) is 1.17. The average molecular weight is 788 g/mol. The number of carbonyl (C=O) groups excluding carboxylic acids is 2. The number of likely N-dealkylation sites (N-methyl/N-ethyl adjacent to an activating group) is 1. The molecule has 0 spiro atoms. The van der Waals surface area contributed by atoms with Crippen molar-refractivity contribution in [3.8, 4) is 0 Å². The van der Waals surface area contributed by atoms with Crippen LogP contribution in [0.25, 0.3) is 0 Å². The molecule has 54 heavy (non-hydrogen) atoms. The van der Waals surface area contributed by atoms with E-state index in [1.807, 2.05) is 21.1 Å². The number of unbranched alkanes of at least 4 members (excludes halogenated alkanes) is 25. The van der Waals surface area contributed by atoms with Crippen LogP contribution < -0.4 is 4.89 Å². The molecule has 10 heteroatoms. The van der Waals surface area contributed by atoms with Gasteiger partial charge in [-0.2, -0.15) is 0 Å². The Kier molecular flexibility index (Phi) is 36.5. The van der Waals surface area contributed by atoms with E-state index in [9.17, 15) is 19.0 Å². The molecule has 0 heterocycles. The van der Waals surface area contributed by atoms with Crippen LogP contribution in [0.2, 0.25) is 0 Å². The van der Waals surface area contributed by atoms with Crippen molar-refractivity contribution in [1.82, 2.24) is 0 Å². The van der Waals surface area contributed by atoms with E-state index in [1.165, 1.54) is 122 Å². The Morgan fingerprint density at radius 2 is 0.944 bits per heavy atom. The number of hydrogen-bond donors (Lipinski definition) is 0. The van der Waals surface area contributed by atoms with Crippen molar-refractivity contribution < 1.29 is 42.1 Å². The van der Waals surface area contributed by atoms with Gasteiger partial charge in [0.1, 0.15) is 19.8 Å². The lowest BCUT2D eigenvalue weighted by atomic mass is 10.0. The Balaban J connectivity index is 4.34. The molecule has 0 N–H and O–H groups in total. The second-order valence-corrected chi connectivity index (χ2v) is 17.8. The summed E-state index contributed by atoms with van der Waals surface area (Å²) in [6.45, 7) is 4.23. The van der Waals surface area contributed by atoms with Gasteiger partial charge in [-0.15, -0.1) is 0 Å². The summed E-state index contributed by atoms with van der Waals surface area (Å²) < 4.78 is 33.9. The maximum absolute atomic E-state index is 12.7. The van der Waals surface area contributed by atoms with E-state index in [2.05, 4.69) is 26.0 Å². The van der Waals surface area contributed by atoms with Gasteiger partial charge in [-0.3, -0.25) is 14.2 Å². The molecule has 0 radical (unpaired) electrons. The van der Waals surface area contributed by atoms with Gasteiger partial charge in [-0.05, 0) is 38.5 Å². The maximum Gasteiger partial charge on any atom is 0.306 e. The third-order valence-electron chi connectivity index (χ3n) is 9.79. The van der Waals surface area contributed by atoms with E-state index in [4.69, 9.17) is 18.5 Å². The first kappa shape index (κ1) is 52.8. The van der Waals surface area contributed by atoms with E-state index in [0.717, 1.165) is 51.4 Å². The Labute approximate surface area is 333 Å². The minimum Gasteiger partial charge on any atom is -0.756 e. The van der Waals surface area contributed by atoms with Gasteiger partial charge in [0, 0.05) is 12.8 Å². The molecule has 9 nitrogen and oxygen atoms in total. The standard InChI is InChI=1S/C44H86NO8P/c1-6-8-10-12-14-16-18-20-22-24-26-28-30-32-34-36-43(46)50-40-42(41-52-54(48,49)51-39-38-45(3,4)5)53-44(47)37-35-33-31-29-27-25-23-21-19-17-15-13-11-9-7-2/h20,22,42H,6-19,21,23-41H2,1-5H3/b22-20+. The fourth-order valence-electron chi connectivity index (χ4n) is 6.24. The number of phosphoric acid groups is 1. The highest BCUT2D eigenvalue weighted by Crippen LogP contribution is 2.38. The van der Waals surface area contributed by atoms with Crippen molar-refractivity contribution >= 4 is 19.8 Å². The number of nitrogens with zero attached hydrogens (tertiary/aromatic N) is 1. The van der Waals surface area contributed by atoms with Gasteiger partial charge in [0.2, 0.25) is 0 Å². The lowest BCUT2D eigenvalue weighted by Crippen LogP contribution is -2.37. The molecule has 2 atom stereocenters.